The van der Waals surface area contributed by atoms with Crippen LogP contribution in [0.15, 0.2) is 12.3 Å². The molecule has 3 atom stereocenters. The van der Waals surface area contributed by atoms with Crippen LogP contribution in [0, 0.1) is 5.92 Å². The Morgan fingerprint density at radius 1 is 1.50 bits per heavy atom. The number of fused-ring (bicyclic) bond motifs is 1. The van der Waals surface area contributed by atoms with Gasteiger partial charge >= 0.3 is 7.12 Å². The highest BCUT2D eigenvalue weighted by atomic mass is 16.5. The average Bonchev–Trinajstić information content (AvgIpc) is 3.03. The second kappa shape index (κ2) is 5.84. The number of nitrogens with one attached hydrogen (secondary N) is 1. The van der Waals surface area contributed by atoms with Crippen molar-refractivity contribution in [2.24, 2.45) is 13.0 Å². The quantitative estimate of drug-likeness (QED) is 0.500. The van der Waals surface area contributed by atoms with Crippen LogP contribution in [0.5, 0.6) is 5.88 Å². The molecule has 8 nitrogen and oxygen atoms in total. The molecular weight excluding hydrogens is 287 g/mol. The number of pyridine rings is 1. The van der Waals surface area contributed by atoms with Gasteiger partial charge in [-0.25, -0.2) is 4.98 Å². The Balaban J connectivity index is 1.91. The Morgan fingerprint density at radius 3 is 2.91 bits per heavy atom. The molecule has 1 unspecified atom stereocenters. The number of hydrogen-bond acceptors (Lipinski definition) is 7. The average molecular weight is 306 g/mol. The highest BCUT2D eigenvalue weighted by molar-refractivity contribution is 6.57. The van der Waals surface area contributed by atoms with E-state index >= 15 is 0 Å². The Hall–Kier alpha value is -1.68. The zero-order valence-corrected chi connectivity index (χ0v) is 12.5. The minimum Gasteiger partial charge on any atom is -0.474 e. The van der Waals surface area contributed by atoms with E-state index in [-0.39, 0.29) is 17.6 Å². The Morgan fingerprint density at radius 2 is 2.27 bits per heavy atom. The van der Waals surface area contributed by atoms with E-state index in [0.717, 1.165) is 0 Å². The third-order valence-electron chi connectivity index (χ3n) is 3.97. The lowest BCUT2D eigenvalue weighted by atomic mass is 9.85. The van der Waals surface area contributed by atoms with Gasteiger partial charge in [-0.15, -0.1) is 0 Å². The molecule has 2 aromatic heterocycles. The third-order valence-corrected chi connectivity index (χ3v) is 3.97. The molecule has 22 heavy (non-hydrogen) atoms. The molecule has 4 N–H and O–H groups in total. The minimum atomic E-state index is -1.68. The van der Waals surface area contributed by atoms with Gasteiger partial charge in [-0.1, -0.05) is 0 Å². The van der Waals surface area contributed by atoms with Crippen molar-refractivity contribution in [2.75, 3.05) is 6.54 Å². The second-order valence-electron chi connectivity index (χ2n) is 5.70. The molecule has 0 aliphatic carbocycles. The SMILES string of the molecule is C[C@@H](Oc1nc(B(O)O)cc2nn(C)cc12)[C@H]1CNC(O)C1. The first-order valence-corrected chi connectivity index (χ1v) is 7.22. The maximum atomic E-state index is 9.54. The largest absolute Gasteiger partial charge is 0.508 e. The first-order chi connectivity index (χ1) is 10.4. The number of nitrogens with zero attached hydrogens (tertiary/aromatic N) is 3. The van der Waals surface area contributed by atoms with Gasteiger partial charge < -0.3 is 19.9 Å². The van der Waals surface area contributed by atoms with Crippen LogP contribution in [0.2, 0.25) is 0 Å². The Bertz CT molecular complexity index is 677. The van der Waals surface area contributed by atoms with Crippen LogP contribution < -0.4 is 15.6 Å². The van der Waals surface area contributed by atoms with Crippen LogP contribution in [-0.2, 0) is 7.05 Å². The molecular formula is C13H19BN4O4. The van der Waals surface area contributed by atoms with E-state index in [1.807, 2.05) is 6.92 Å². The maximum Gasteiger partial charge on any atom is 0.508 e. The maximum absolute atomic E-state index is 9.54. The molecule has 3 heterocycles. The van der Waals surface area contributed by atoms with E-state index in [1.165, 1.54) is 6.07 Å². The molecule has 1 fully saturated rings. The first-order valence-electron chi connectivity index (χ1n) is 7.22. The van der Waals surface area contributed by atoms with Crippen molar-refractivity contribution in [2.45, 2.75) is 25.7 Å². The summed E-state index contributed by atoms with van der Waals surface area (Å²) in [5, 5.41) is 36.2. The van der Waals surface area contributed by atoms with Crippen molar-refractivity contribution in [3.8, 4) is 5.88 Å². The first kappa shape index (κ1) is 15.2. The molecule has 0 bridgehead atoms. The predicted molar refractivity (Wildman–Crippen MR) is 80.5 cm³/mol. The fourth-order valence-electron chi connectivity index (χ4n) is 2.72. The van der Waals surface area contributed by atoms with Crippen molar-refractivity contribution in [1.29, 1.82) is 0 Å². The molecule has 0 spiro atoms. The number of hydrogen-bond donors (Lipinski definition) is 4. The molecule has 0 aromatic carbocycles. The Kier molecular flexibility index (Phi) is 4.05. The summed E-state index contributed by atoms with van der Waals surface area (Å²) in [4.78, 5) is 4.19. The summed E-state index contributed by atoms with van der Waals surface area (Å²) >= 11 is 0. The van der Waals surface area contributed by atoms with Crippen LogP contribution in [0.4, 0.5) is 0 Å². The molecule has 118 valence electrons. The summed E-state index contributed by atoms with van der Waals surface area (Å²) in [7, 11) is 0.0958. The molecule has 1 saturated heterocycles. The van der Waals surface area contributed by atoms with Crippen molar-refractivity contribution < 1.29 is 19.9 Å². The molecule has 9 heteroatoms. The lowest BCUT2D eigenvalue weighted by Crippen LogP contribution is -2.34. The normalized spacial score (nSPS) is 23.0. The van der Waals surface area contributed by atoms with Crippen molar-refractivity contribution in [3.63, 3.8) is 0 Å². The van der Waals surface area contributed by atoms with Crippen LogP contribution in [-0.4, -0.2) is 55.9 Å². The molecule has 0 amide bonds. The third kappa shape index (κ3) is 2.93. The Labute approximate surface area is 127 Å². The summed E-state index contributed by atoms with van der Waals surface area (Å²) in [5.74, 6) is 0.480. The van der Waals surface area contributed by atoms with Crippen LogP contribution in [0.25, 0.3) is 10.9 Å². The van der Waals surface area contributed by atoms with Crippen LogP contribution >= 0.6 is 0 Å². The molecule has 2 aromatic rings. The van der Waals surface area contributed by atoms with Gasteiger partial charge in [-0.05, 0) is 19.4 Å². The molecule has 1 aliphatic heterocycles. The van der Waals surface area contributed by atoms with Gasteiger partial charge in [0.25, 0.3) is 0 Å². The van der Waals surface area contributed by atoms with E-state index in [9.17, 15) is 15.2 Å². The van der Waals surface area contributed by atoms with E-state index in [4.69, 9.17) is 4.74 Å². The summed E-state index contributed by atoms with van der Waals surface area (Å²) < 4.78 is 7.55. The molecule has 1 aliphatic rings. The van der Waals surface area contributed by atoms with Gasteiger partial charge in [0.05, 0.1) is 16.5 Å². The van der Waals surface area contributed by atoms with Crippen molar-refractivity contribution in [1.82, 2.24) is 20.1 Å². The summed E-state index contributed by atoms with van der Waals surface area (Å²) in [5.41, 5.74) is 0.686. The van der Waals surface area contributed by atoms with Crippen LogP contribution in [0.1, 0.15) is 13.3 Å². The summed E-state index contributed by atoms with van der Waals surface area (Å²) in [6.07, 6.45) is 1.71. The minimum absolute atomic E-state index is 0.0954. The number of ether oxygens (including phenoxy) is 1. The summed E-state index contributed by atoms with van der Waals surface area (Å²) in [6.45, 7) is 2.58. The van der Waals surface area contributed by atoms with E-state index < -0.39 is 13.3 Å². The van der Waals surface area contributed by atoms with E-state index in [2.05, 4.69) is 15.4 Å². The fraction of sp³-hybridized carbons (Fsp3) is 0.538. The second-order valence-corrected chi connectivity index (χ2v) is 5.70. The molecule has 0 radical (unpaired) electrons. The van der Waals surface area contributed by atoms with Gasteiger partial charge in [0.1, 0.15) is 12.3 Å². The summed E-state index contributed by atoms with van der Waals surface area (Å²) in [6, 6.07) is 1.53. The van der Waals surface area contributed by atoms with Gasteiger partial charge in [-0.3, -0.25) is 10.00 Å². The van der Waals surface area contributed by atoms with Crippen molar-refractivity contribution >= 4 is 23.6 Å². The predicted octanol–water partition coefficient (Wildman–Crippen LogP) is -1.66. The van der Waals surface area contributed by atoms with Gasteiger partial charge in [0.15, 0.2) is 0 Å². The molecule has 3 rings (SSSR count). The number of rotatable bonds is 4. The van der Waals surface area contributed by atoms with Gasteiger partial charge in [0.2, 0.25) is 5.88 Å². The fourth-order valence-corrected chi connectivity index (χ4v) is 2.72. The zero-order valence-electron chi connectivity index (χ0n) is 12.5. The highest BCUT2D eigenvalue weighted by Crippen LogP contribution is 2.25. The smallest absolute Gasteiger partial charge is 0.474 e. The standard InChI is InChI=1S/C13H19BN4O4/c1-7(8-3-12(19)15-5-8)22-13-9-6-18(2)17-10(9)4-11(16-13)14(20)21/h4,6-8,12,15,19-21H,3,5H2,1-2H3/t7-,8-,12?/m1/s1. The van der Waals surface area contributed by atoms with Gasteiger partial charge in [0, 0.05) is 25.7 Å². The van der Waals surface area contributed by atoms with E-state index in [0.29, 0.717) is 29.7 Å². The monoisotopic (exact) mass is 306 g/mol. The van der Waals surface area contributed by atoms with E-state index in [1.54, 1.807) is 17.9 Å². The van der Waals surface area contributed by atoms with Crippen molar-refractivity contribution in [3.05, 3.63) is 12.3 Å². The number of aryl methyl sites for hydroxylation is 1. The molecule has 0 saturated carbocycles. The topological polar surface area (TPSA) is 113 Å². The number of aliphatic hydroxyl groups excluding tert-OH is 1. The number of aromatic nitrogens is 3. The zero-order chi connectivity index (χ0) is 15.9. The highest BCUT2D eigenvalue weighted by Gasteiger charge is 2.29. The lowest BCUT2D eigenvalue weighted by molar-refractivity contribution is 0.125. The van der Waals surface area contributed by atoms with Gasteiger partial charge in [-0.2, -0.15) is 5.10 Å². The lowest BCUT2D eigenvalue weighted by Gasteiger charge is -2.20. The number of aliphatic hydroxyl groups is 1. The van der Waals surface area contributed by atoms with Crippen LogP contribution in [0.3, 0.4) is 0 Å².